The second-order valence-corrected chi connectivity index (χ2v) is 4.89. The first kappa shape index (κ1) is 11.7. The summed E-state index contributed by atoms with van der Waals surface area (Å²) in [6.45, 7) is 5.79. The Labute approximate surface area is 95.3 Å². The van der Waals surface area contributed by atoms with Crippen molar-refractivity contribution < 1.29 is 19.4 Å². The average molecular weight is 229 g/mol. The van der Waals surface area contributed by atoms with Crippen LogP contribution in [0.1, 0.15) is 13.8 Å². The van der Waals surface area contributed by atoms with Crippen molar-refractivity contribution in [2.45, 2.75) is 26.1 Å². The molecule has 2 unspecified atom stereocenters. The van der Waals surface area contributed by atoms with Crippen LogP contribution in [0.4, 0.5) is 4.79 Å². The largest absolute Gasteiger partial charge is 0.447 e. The normalized spacial score (nSPS) is 34.0. The van der Waals surface area contributed by atoms with Gasteiger partial charge in [0.1, 0.15) is 0 Å². The van der Waals surface area contributed by atoms with E-state index in [1.807, 2.05) is 13.8 Å². The molecule has 1 amide bonds. The standard InChI is InChI=1S/C11H19NO4/c1-7(2)16-11(14)12-3-8-5-15-6-9(4-12)10(8)13/h7-10,13H,3-6H2,1-2H3/t8-,9?,10?/m0/s1. The van der Waals surface area contributed by atoms with Crippen LogP contribution in [0.2, 0.25) is 0 Å². The molecule has 2 saturated heterocycles. The number of hydrogen-bond acceptors (Lipinski definition) is 4. The number of carbonyl (C=O) groups is 1. The minimum Gasteiger partial charge on any atom is -0.447 e. The molecule has 2 fully saturated rings. The number of ether oxygens (including phenoxy) is 2. The molecule has 1 N–H and O–H groups in total. The molecule has 2 bridgehead atoms. The third-order valence-corrected chi connectivity index (χ3v) is 3.13. The van der Waals surface area contributed by atoms with Crippen molar-refractivity contribution in [3.63, 3.8) is 0 Å². The predicted molar refractivity (Wildman–Crippen MR) is 57.0 cm³/mol. The number of likely N-dealkylation sites (tertiary alicyclic amines) is 1. The van der Waals surface area contributed by atoms with Gasteiger partial charge in [-0.15, -0.1) is 0 Å². The summed E-state index contributed by atoms with van der Waals surface area (Å²) >= 11 is 0. The molecular formula is C11H19NO4. The van der Waals surface area contributed by atoms with Crippen molar-refractivity contribution in [3.8, 4) is 0 Å². The summed E-state index contributed by atoms with van der Waals surface area (Å²) in [5, 5.41) is 9.91. The van der Waals surface area contributed by atoms with E-state index in [-0.39, 0.29) is 30.1 Å². The Morgan fingerprint density at radius 3 is 2.44 bits per heavy atom. The number of rotatable bonds is 1. The molecule has 0 saturated carbocycles. The molecule has 92 valence electrons. The average Bonchev–Trinajstić information content (AvgIpc) is 2.15. The second kappa shape index (κ2) is 4.59. The van der Waals surface area contributed by atoms with Gasteiger partial charge in [0, 0.05) is 24.9 Å². The second-order valence-electron chi connectivity index (χ2n) is 4.89. The molecule has 16 heavy (non-hydrogen) atoms. The van der Waals surface area contributed by atoms with Crippen molar-refractivity contribution in [2.75, 3.05) is 26.3 Å². The molecule has 2 heterocycles. The lowest BCUT2D eigenvalue weighted by Gasteiger charge is -2.44. The fourth-order valence-electron chi connectivity index (χ4n) is 2.34. The molecule has 0 radical (unpaired) electrons. The maximum Gasteiger partial charge on any atom is 0.410 e. The minimum atomic E-state index is -0.336. The number of amides is 1. The Morgan fingerprint density at radius 1 is 1.38 bits per heavy atom. The van der Waals surface area contributed by atoms with Crippen molar-refractivity contribution in [1.82, 2.24) is 4.90 Å². The molecule has 5 heteroatoms. The maximum atomic E-state index is 11.7. The van der Waals surface area contributed by atoms with Gasteiger partial charge in [0.15, 0.2) is 0 Å². The highest BCUT2D eigenvalue weighted by molar-refractivity contribution is 5.68. The Bertz CT molecular complexity index is 255. The molecule has 2 rings (SSSR count). The zero-order valence-electron chi connectivity index (χ0n) is 9.76. The quantitative estimate of drug-likeness (QED) is 0.710. The summed E-state index contributed by atoms with van der Waals surface area (Å²) in [6.07, 6.45) is -0.717. The van der Waals surface area contributed by atoms with Crippen LogP contribution in [-0.2, 0) is 9.47 Å². The van der Waals surface area contributed by atoms with E-state index in [2.05, 4.69) is 0 Å². The minimum absolute atomic E-state index is 0.0345. The zero-order valence-corrected chi connectivity index (χ0v) is 9.76. The topological polar surface area (TPSA) is 59.0 Å². The predicted octanol–water partition coefficient (Wildman–Crippen LogP) is 0.470. The third kappa shape index (κ3) is 2.30. The Balaban J connectivity index is 1.96. The lowest BCUT2D eigenvalue weighted by atomic mass is 9.85. The van der Waals surface area contributed by atoms with Gasteiger partial charge in [-0.3, -0.25) is 0 Å². The molecule has 3 atom stereocenters. The highest BCUT2D eigenvalue weighted by atomic mass is 16.6. The van der Waals surface area contributed by atoms with E-state index < -0.39 is 0 Å². The Morgan fingerprint density at radius 2 is 1.94 bits per heavy atom. The molecule has 5 nitrogen and oxygen atoms in total. The Kier molecular flexibility index (Phi) is 3.35. The molecule has 2 aliphatic rings. The van der Waals surface area contributed by atoms with E-state index in [1.165, 1.54) is 0 Å². The van der Waals surface area contributed by atoms with E-state index in [0.29, 0.717) is 26.3 Å². The van der Waals surface area contributed by atoms with E-state index in [4.69, 9.17) is 9.47 Å². The smallest absolute Gasteiger partial charge is 0.410 e. The van der Waals surface area contributed by atoms with Crippen LogP contribution in [0.5, 0.6) is 0 Å². The molecule has 0 aromatic heterocycles. The van der Waals surface area contributed by atoms with Crippen molar-refractivity contribution >= 4 is 6.09 Å². The van der Waals surface area contributed by atoms with Gasteiger partial charge in [0.2, 0.25) is 0 Å². The monoisotopic (exact) mass is 229 g/mol. The van der Waals surface area contributed by atoms with Gasteiger partial charge in [-0.2, -0.15) is 0 Å². The van der Waals surface area contributed by atoms with E-state index in [0.717, 1.165) is 0 Å². The first-order valence-electron chi connectivity index (χ1n) is 5.79. The summed E-state index contributed by atoms with van der Waals surface area (Å²) in [7, 11) is 0. The number of aliphatic hydroxyl groups excluding tert-OH is 1. The van der Waals surface area contributed by atoms with Crippen molar-refractivity contribution in [3.05, 3.63) is 0 Å². The summed E-state index contributed by atoms with van der Waals surface area (Å²) < 4.78 is 10.5. The van der Waals surface area contributed by atoms with E-state index in [1.54, 1.807) is 4.90 Å². The van der Waals surface area contributed by atoms with Gasteiger partial charge in [-0.05, 0) is 13.8 Å². The van der Waals surface area contributed by atoms with E-state index >= 15 is 0 Å². The molecule has 2 aliphatic heterocycles. The molecule has 0 aromatic rings. The van der Waals surface area contributed by atoms with Crippen LogP contribution in [-0.4, -0.2) is 54.6 Å². The fraction of sp³-hybridized carbons (Fsp3) is 0.909. The van der Waals surface area contributed by atoms with Gasteiger partial charge in [0.25, 0.3) is 0 Å². The number of carbonyl (C=O) groups excluding carboxylic acids is 1. The zero-order chi connectivity index (χ0) is 11.7. The van der Waals surface area contributed by atoms with Crippen LogP contribution in [0, 0.1) is 11.8 Å². The number of aliphatic hydroxyl groups is 1. The van der Waals surface area contributed by atoms with E-state index in [9.17, 15) is 9.90 Å². The third-order valence-electron chi connectivity index (χ3n) is 3.13. The maximum absolute atomic E-state index is 11.7. The first-order chi connectivity index (χ1) is 7.58. The van der Waals surface area contributed by atoms with Gasteiger partial charge in [-0.1, -0.05) is 0 Å². The number of fused-ring (bicyclic) bond motifs is 2. The number of nitrogens with zero attached hydrogens (tertiary/aromatic N) is 1. The van der Waals surface area contributed by atoms with Gasteiger partial charge in [0.05, 0.1) is 25.4 Å². The molecular weight excluding hydrogens is 210 g/mol. The molecule has 0 spiro atoms. The van der Waals surface area contributed by atoms with Gasteiger partial charge >= 0.3 is 6.09 Å². The summed E-state index contributed by atoms with van der Waals surface area (Å²) in [5.41, 5.74) is 0. The summed E-state index contributed by atoms with van der Waals surface area (Å²) in [6, 6.07) is 0. The molecule has 0 aliphatic carbocycles. The van der Waals surface area contributed by atoms with Crippen LogP contribution < -0.4 is 0 Å². The highest BCUT2D eigenvalue weighted by Gasteiger charge is 2.41. The van der Waals surface area contributed by atoms with Crippen molar-refractivity contribution in [1.29, 1.82) is 0 Å². The fourth-order valence-corrected chi connectivity index (χ4v) is 2.34. The van der Waals surface area contributed by atoms with Crippen LogP contribution in [0.3, 0.4) is 0 Å². The first-order valence-corrected chi connectivity index (χ1v) is 5.79. The van der Waals surface area contributed by atoms with Crippen LogP contribution in [0.15, 0.2) is 0 Å². The van der Waals surface area contributed by atoms with Crippen LogP contribution >= 0.6 is 0 Å². The summed E-state index contributed by atoms with van der Waals surface area (Å²) in [5.74, 6) is 0.0689. The Hall–Kier alpha value is -0.810. The number of piperidine rings is 1. The lowest BCUT2D eigenvalue weighted by Crippen LogP contribution is -2.57. The SMILES string of the molecule is CC(C)OC(=O)N1CC2COC[C@H](C1)C2O. The highest BCUT2D eigenvalue weighted by Crippen LogP contribution is 2.27. The lowest BCUT2D eigenvalue weighted by molar-refractivity contribution is -0.119. The summed E-state index contributed by atoms with van der Waals surface area (Å²) in [4.78, 5) is 13.4. The van der Waals surface area contributed by atoms with Gasteiger partial charge < -0.3 is 19.5 Å². The van der Waals surface area contributed by atoms with Crippen LogP contribution in [0.25, 0.3) is 0 Å². The van der Waals surface area contributed by atoms with Gasteiger partial charge in [-0.25, -0.2) is 4.79 Å². The number of hydrogen-bond donors (Lipinski definition) is 1. The molecule has 0 aromatic carbocycles. The van der Waals surface area contributed by atoms with Crippen molar-refractivity contribution in [2.24, 2.45) is 11.8 Å².